The normalized spacial score (nSPS) is 15.8. The lowest BCUT2D eigenvalue weighted by Crippen LogP contribution is -2.40. The van der Waals surface area contributed by atoms with E-state index in [2.05, 4.69) is 36.9 Å². The molecular weight excluding hydrogens is 572 g/mol. The summed E-state index contributed by atoms with van der Waals surface area (Å²) < 4.78 is 14.1. The molecule has 1 aromatic heterocycles. The highest BCUT2D eigenvalue weighted by Crippen LogP contribution is 2.35. The number of thiazole rings is 1. The number of ether oxygens (including phenoxy) is 2. The number of methoxy groups -OCH3 is 2. The second-order valence-electron chi connectivity index (χ2n) is 7.22. The maximum Gasteiger partial charge on any atom is 0.338 e. The Labute approximate surface area is 211 Å². The van der Waals surface area contributed by atoms with Gasteiger partial charge in [-0.3, -0.25) is 9.36 Å². The lowest BCUT2D eigenvalue weighted by Gasteiger charge is -2.25. The van der Waals surface area contributed by atoms with Crippen LogP contribution in [0, 0.1) is 0 Å². The molecule has 0 N–H and O–H groups in total. The molecule has 6 nitrogen and oxygen atoms in total. The summed E-state index contributed by atoms with van der Waals surface area (Å²) in [5.74, 6) is 0.190. The van der Waals surface area contributed by atoms with Crippen molar-refractivity contribution in [3.05, 3.63) is 93.5 Å². The molecular formula is C24H20Br2N2O4S. The topological polar surface area (TPSA) is 69.9 Å². The Morgan fingerprint density at radius 2 is 1.85 bits per heavy atom. The van der Waals surface area contributed by atoms with Gasteiger partial charge >= 0.3 is 5.97 Å². The first-order valence-electron chi connectivity index (χ1n) is 10.1. The van der Waals surface area contributed by atoms with Crippen molar-refractivity contribution in [2.24, 2.45) is 4.99 Å². The Hall–Kier alpha value is -2.49. The van der Waals surface area contributed by atoms with E-state index in [1.807, 2.05) is 55.5 Å². The second-order valence-corrected chi connectivity index (χ2v) is 9.93. The van der Waals surface area contributed by atoms with Crippen LogP contribution in [-0.2, 0) is 9.53 Å². The zero-order valence-corrected chi connectivity index (χ0v) is 22.1. The van der Waals surface area contributed by atoms with Crippen molar-refractivity contribution in [2.75, 3.05) is 14.2 Å². The first-order valence-corrected chi connectivity index (χ1v) is 12.5. The lowest BCUT2D eigenvalue weighted by molar-refractivity contribution is -0.136. The average Bonchev–Trinajstić information content (AvgIpc) is 3.12. The number of carbonyl (C=O) groups excluding carboxylic acids is 1. The number of benzene rings is 2. The Bertz CT molecular complexity index is 1420. The quantitative estimate of drug-likeness (QED) is 0.414. The zero-order valence-electron chi connectivity index (χ0n) is 18.1. The van der Waals surface area contributed by atoms with Gasteiger partial charge in [0, 0.05) is 0 Å². The van der Waals surface area contributed by atoms with Gasteiger partial charge in [0.25, 0.3) is 5.56 Å². The van der Waals surface area contributed by atoms with Gasteiger partial charge in [0.1, 0.15) is 5.75 Å². The predicted octanol–water partition coefficient (Wildman–Crippen LogP) is 4.33. The number of esters is 1. The van der Waals surface area contributed by atoms with E-state index >= 15 is 0 Å². The Morgan fingerprint density at radius 1 is 1.18 bits per heavy atom. The van der Waals surface area contributed by atoms with Crippen LogP contribution in [0.1, 0.15) is 30.5 Å². The SMILES string of the molecule is CCC1=C(C(=O)OC)[C@@H](c2ccccc2)n2c(s/c(=C\c3cc(Br)c(OC)c(Br)c3)c2=O)=N1. The van der Waals surface area contributed by atoms with Crippen LogP contribution in [0.4, 0.5) is 0 Å². The number of halogens is 2. The molecule has 2 heterocycles. The highest BCUT2D eigenvalue weighted by molar-refractivity contribution is 9.11. The lowest BCUT2D eigenvalue weighted by atomic mass is 9.95. The minimum atomic E-state index is -0.610. The van der Waals surface area contributed by atoms with E-state index in [0.29, 0.717) is 32.8 Å². The number of nitrogens with zero attached hydrogens (tertiary/aromatic N) is 2. The van der Waals surface area contributed by atoms with Crippen molar-refractivity contribution >= 4 is 55.2 Å². The fourth-order valence-corrected chi connectivity index (χ4v) is 6.39. The molecule has 9 heteroatoms. The summed E-state index contributed by atoms with van der Waals surface area (Å²) in [5.41, 5.74) is 2.44. The molecule has 0 amide bonds. The van der Waals surface area contributed by atoms with Gasteiger partial charge in [0.2, 0.25) is 0 Å². The first-order chi connectivity index (χ1) is 15.9. The molecule has 4 rings (SSSR count). The van der Waals surface area contributed by atoms with Gasteiger partial charge in [0.15, 0.2) is 4.80 Å². The van der Waals surface area contributed by atoms with Crippen LogP contribution in [0.3, 0.4) is 0 Å². The van der Waals surface area contributed by atoms with Gasteiger partial charge in [-0.2, -0.15) is 0 Å². The molecule has 0 bridgehead atoms. The van der Waals surface area contributed by atoms with E-state index < -0.39 is 12.0 Å². The molecule has 3 aromatic rings. The first kappa shape index (κ1) is 23.7. The molecule has 33 heavy (non-hydrogen) atoms. The fourth-order valence-electron chi connectivity index (χ4n) is 3.82. The van der Waals surface area contributed by atoms with Crippen LogP contribution in [0.25, 0.3) is 6.08 Å². The van der Waals surface area contributed by atoms with Gasteiger partial charge in [-0.25, -0.2) is 9.79 Å². The Balaban J connectivity index is 1.98. The molecule has 0 aliphatic carbocycles. The summed E-state index contributed by atoms with van der Waals surface area (Å²) >= 11 is 8.31. The van der Waals surface area contributed by atoms with Crippen molar-refractivity contribution in [3.63, 3.8) is 0 Å². The molecule has 1 atom stereocenters. The van der Waals surface area contributed by atoms with Crippen molar-refractivity contribution in [2.45, 2.75) is 19.4 Å². The van der Waals surface area contributed by atoms with Gasteiger partial charge in [-0.1, -0.05) is 48.6 Å². The van der Waals surface area contributed by atoms with E-state index in [9.17, 15) is 9.59 Å². The maximum atomic E-state index is 13.6. The van der Waals surface area contributed by atoms with E-state index in [4.69, 9.17) is 9.47 Å². The van der Waals surface area contributed by atoms with Gasteiger partial charge in [-0.05, 0) is 67.6 Å². The van der Waals surface area contributed by atoms with Crippen molar-refractivity contribution < 1.29 is 14.3 Å². The largest absolute Gasteiger partial charge is 0.494 e. The van der Waals surface area contributed by atoms with Crippen LogP contribution in [-0.4, -0.2) is 24.8 Å². The van der Waals surface area contributed by atoms with Crippen LogP contribution < -0.4 is 19.6 Å². The number of allylic oxidation sites excluding steroid dienone is 1. The highest BCUT2D eigenvalue weighted by Gasteiger charge is 2.33. The van der Waals surface area contributed by atoms with E-state index in [0.717, 1.165) is 20.1 Å². The van der Waals surface area contributed by atoms with E-state index in [-0.39, 0.29) is 5.56 Å². The fraction of sp³-hybridized carbons (Fsp3) is 0.208. The van der Waals surface area contributed by atoms with Crippen molar-refractivity contribution in [1.29, 1.82) is 0 Å². The molecule has 1 aliphatic heterocycles. The molecule has 0 unspecified atom stereocenters. The summed E-state index contributed by atoms with van der Waals surface area (Å²) in [6.45, 7) is 1.94. The highest BCUT2D eigenvalue weighted by atomic mass is 79.9. The smallest absolute Gasteiger partial charge is 0.338 e. The van der Waals surface area contributed by atoms with Crippen molar-refractivity contribution in [1.82, 2.24) is 4.57 Å². The number of hydrogen-bond acceptors (Lipinski definition) is 6. The van der Waals surface area contributed by atoms with Crippen molar-refractivity contribution in [3.8, 4) is 5.75 Å². The van der Waals surface area contributed by atoms with E-state index in [1.54, 1.807) is 11.7 Å². The predicted molar refractivity (Wildman–Crippen MR) is 135 cm³/mol. The molecule has 2 aromatic carbocycles. The molecule has 170 valence electrons. The second kappa shape index (κ2) is 9.79. The number of rotatable bonds is 5. The summed E-state index contributed by atoms with van der Waals surface area (Å²) in [7, 11) is 2.94. The molecule has 0 spiro atoms. The minimum absolute atomic E-state index is 0.216. The van der Waals surface area contributed by atoms with Crippen LogP contribution in [0.15, 0.2) is 72.5 Å². The number of hydrogen-bond donors (Lipinski definition) is 0. The molecule has 0 fully saturated rings. The van der Waals surface area contributed by atoms with Crippen LogP contribution in [0.2, 0.25) is 0 Å². The molecule has 0 radical (unpaired) electrons. The Morgan fingerprint density at radius 3 is 2.42 bits per heavy atom. The van der Waals surface area contributed by atoms with Crippen LogP contribution >= 0.6 is 43.2 Å². The number of aromatic nitrogens is 1. The minimum Gasteiger partial charge on any atom is -0.494 e. The Kier molecular flexibility index (Phi) is 7.02. The third-order valence-electron chi connectivity index (χ3n) is 5.29. The van der Waals surface area contributed by atoms with E-state index in [1.165, 1.54) is 18.4 Å². The zero-order chi connectivity index (χ0) is 23.7. The monoisotopic (exact) mass is 590 g/mol. The summed E-state index contributed by atoms with van der Waals surface area (Å²) in [5, 5.41) is 0. The summed E-state index contributed by atoms with van der Waals surface area (Å²) in [4.78, 5) is 31.6. The third-order valence-corrected chi connectivity index (χ3v) is 7.45. The summed E-state index contributed by atoms with van der Waals surface area (Å²) in [6.07, 6.45) is 2.35. The van der Waals surface area contributed by atoms with Gasteiger partial charge < -0.3 is 9.47 Å². The number of fused-ring (bicyclic) bond motifs is 1. The molecule has 1 aliphatic rings. The average molecular weight is 592 g/mol. The standard InChI is InChI=1S/C24H20Br2N2O4S/c1-4-17-19(23(30)32-3)20(14-8-6-5-7-9-14)28-22(29)18(33-24(28)27-17)12-13-10-15(25)21(31-2)16(26)11-13/h5-12,20H,4H2,1-3H3/b18-12-/t20-/m1/s1. The third kappa shape index (κ3) is 4.37. The summed E-state index contributed by atoms with van der Waals surface area (Å²) in [6, 6.07) is 12.6. The number of carbonyl (C=O) groups is 1. The maximum absolute atomic E-state index is 13.6. The van der Waals surface area contributed by atoms with Gasteiger partial charge in [0.05, 0.1) is 45.0 Å². The van der Waals surface area contributed by atoms with Crippen LogP contribution in [0.5, 0.6) is 5.75 Å². The molecule has 0 saturated heterocycles. The van der Waals surface area contributed by atoms with Gasteiger partial charge in [-0.15, -0.1) is 0 Å². The molecule has 0 saturated carbocycles.